The van der Waals surface area contributed by atoms with Crippen LogP contribution in [0, 0.1) is 0 Å². The van der Waals surface area contributed by atoms with Crippen molar-refractivity contribution in [2.45, 2.75) is 13.0 Å². The van der Waals surface area contributed by atoms with Crippen LogP contribution in [0.1, 0.15) is 0 Å². The molecule has 1 aromatic heterocycles. The minimum Gasteiger partial charge on any atom is -0.399 e. The SMILES string of the molecule is Nc1ccc2c(c1)ncn2CCOCC(F)F. The summed E-state index contributed by atoms with van der Waals surface area (Å²) in [5.41, 5.74) is 7.99. The third-order valence-corrected chi connectivity index (χ3v) is 2.37. The molecule has 0 aliphatic rings. The third-order valence-electron chi connectivity index (χ3n) is 2.37. The van der Waals surface area contributed by atoms with Crippen molar-refractivity contribution >= 4 is 16.7 Å². The van der Waals surface area contributed by atoms with E-state index in [0.717, 1.165) is 11.0 Å². The Kier molecular flexibility index (Phi) is 3.53. The van der Waals surface area contributed by atoms with E-state index in [1.165, 1.54) is 0 Å². The number of imidazole rings is 1. The molecule has 4 nitrogen and oxygen atoms in total. The largest absolute Gasteiger partial charge is 0.399 e. The zero-order valence-corrected chi connectivity index (χ0v) is 9.14. The molecule has 92 valence electrons. The van der Waals surface area contributed by atoms with Crippen molar-refractivity contribution in [3.05, 3.63) is 24.5 Å². The van der Waals surface area contributed by atoms with E-state index < -0.39 is 13.0 Å². The predicted molar refractivity (Wildman–Crippen MR) is 61.0 cm³/mol. The highest BCUT2D eigenvalue weighted by atomic mass is 19.3. The Morgan fingerprint density at radius 3 is 3.00 bits per heavy atom. The Hall–Kier alpha value is -1.69. The number of benzene rings is 1. The van der Waals surface area contributed by atoms with E-state index in [1.807, 2.05) is 10.6 Å². The van der Waals surface area contributed by atoms with Crippen molar-refractivity contribution in [3.63, 3.8) is 0 Å². The topological polar surface area (TPSA) is 53.1 Å². The normalized spacial score (nSPS) is 11.5. The highest BCUT2D eigenvalue weighted by Crippen LogP contribution is 2.15. The van der Waals surface area contributed by atoms with Gasteiger partial charge in [0.25, 0.3) is 6.43 Å². The van der Waals surface area contributed by atoms with E-state index in [9.17, 15) is 8.78 Å². The van der Waals surface area contributed by atoms with E-state index in [1.54, 1.807) is 18.5 Å². The number of fused-ring (bicyclic) bond motifs is 1. The fraction of sp³-hybridized carbons (Fsp3) is 0.364. The van der Waals surface area contributed by atoms with E-state index in [2.05, 4.69) is 4.98 Å². The highest BCUT2D eigenvalue weighted by Gasteiger charge is 2.04. The molecule has 0 aliphatic heterocycles. The van der Waals surface area contributed by atoms with Gasteiger partial charge in [-0.05, 0) is 18.2 Å². The predicted octanol–water partition coefficient (Wildman–Crippen LogP) is 1.90. The number of nitrogens with two attached hydrogens (primary N) is 1. The first-order valence-electron chi connectivity index (χ1n) is 5.23. The number of nitrogen functional groups attached to an aromatic ring is 1. The molecule has 0 saturated heterocycles. The summed E-state index contributed by atoms with van der Waals surface area (Å²) in [7, 11) is 0. The van der Waals surface area contributed by atoms with Crippen molar-refractivity contribution in [1.29, 1.82) is 0 Å². The Labute approximate surface area is 97.0 Å². The van der Waals surface area contributed by atoms with Gasteiger partial charge in [-0.15, -0.1) is 0 Å². The van der Waals surface area contributed by atoms with E-state index >= 15 is 0 Å². The van der Waals surface area contributed by atoms with Gasteiger partial charge >= 0.3 is 0 Å². The zero-order valence-electron chi connectivity index (χ0n) is 9.14. The molecule has 0 bridgehead atoms. The summed E-state index contributed by atoms with van der Waals surface area (Å²) in [5.74, 6) is 0. The summed E-state index contributed by atoms with van der Waals surface area (Å²) < 4.78 is 30.3. The molecule has 0 aliphatic carbocycles. The van der Waals surface area contributed by atoms with Crippen molar-refractivity contribution in [3.8, 4) is 0 Å². The number of anilines is 1. The molecule has 0 fully saturated rings. The molecule has 0 saturated carbocycles. The summed E-state index contributed by atoms with van der Waals surface area (Å²) in [5, 5.41) is 0. The summed E-state index contributed by atoms with van der Waals surface area (Å²) in [4.78, 5) is 4.17. The van der Waals surface area contributed by atoms with Crippen molar-refractivity contribution in [1.82, 2.24) is 9.55 Å². The molecule has 0 spiro atoms. The molecule has 2 rings (SSSR count). The second-order valence-electron chi connectivity index (χ2n) is 3.65. The molecule has 2 N–H and O–H groups in total. The van der Waals surface area contributed by atoms with Crippen LogP contribution in [0.5, 0.6) is 0 Å². The molecule has 0 amide bonds. The first-order chi connectivity index (χ1) is 8.16. The number of rotatable bonds is 5. The van der Waals surface area contributed by atoms with Crippen molar-refractivity contribution in [2.75, 3.05) is 18.9 Å². The van der Waals surface area contributed by atoms with Crippen molar-refractivity contribution < 1.29 is 13.5 Å². The second kappa shape index (κ2) is 5.09. The number of hydrogen-bond donors (Lipinski definition) is 1. The van der Waals surface area contributed by atoms with Gasteiger partial charge < -0.3 is 15.0 Å². The lowest BCUT2D eigenvalue weighted by atomic mass is 10.3. The summed E-state index contributed by atoms with van der Waals surface area (Å²) in [6.07, 6.45) is -0.773. The number of nitrogens with zero attached hydrogens (tertiary/aromatic N) is 2. The van der Waals surface area contributed by atoms with Crippen LogP contribution >= 0.6 is 0 Å². The van der Waals surface area contributed by atoms with Crippen LogP contribution in [0.2, 0.25) is 0 Å². The molecule has 0 radical (unpaired) electrons. The maximum absolute atomic E-state index is 11.8. The molecular weight excluding hydrogens is 228 g/mol. The maximum Gasteiger partial charge on any atom is 0.261 e. The van der Waals surface area contributed by atoms with Gasteiger partial charge in [-0.3, -0.25) is 0 Å². The number of halogens is 2. The average Bonchev–Trinajstić information content (AvgIpc) is 2.66. The second-order valence-corrected chi connectivity index (χ2v) is 3.65. The van der Waals surface area contributed by atoms with Gasteiger partial charge in [0.15, 0.2) is 0 Å². The van der Waals surface area contributed by atoms with Gasteiger partial charge in [0.1, 0.15) is 6.61 Å². The van der Waals surface area contributed by atoms with Gasteiger partial charge in [0, 0.05) is 12.2 Å². The minimum absolute atomic E-state index is 0.236. The molecule has 6 heteroatoms. The molecule has 1 aromatic carbocycles. The van der Waals surface area contributed by atoms with Crippen LogP contribution in [0.25, 0.3) is 11.0 Å². The first kappa shape index (κ1) is 11.8. The quantitative estimate of drug-likeness (QED) is 0.642. The Morgan fingerprint density at radius 1 is 1.41 bits per heavy atom. The highest BCUT2D eigenvalue weighted by molar-refractivity contribution is 5.78. The van der Waals surface area contributed by atoms with Gasteiger partial charge in [-0.2, -0.15) is 0 Å². The molecule has 1 heterocycles. The Morgan fingerprint density at radius 2 is 2.24 bits per heavy atom. The fourth-order valence-electron chi connectivity index (χ4n) is 1.59. The third kappa shape index (κ3) is 2.91. The van der Waals surface area contributed by atoms with E-state index in [-0.39, 0.29) is 6.61 Å². The molecular formula is C11H13F2N3O. The lowest BCUT2D eigenvalue weighted by Crippen LogP contribution is -2.10. The summed E-state index contributed by atoms with van der Waals surface area (Å²) in [6.45, 7) is 0.201. The molecule has 17 heavy (non-hydrogen) atoms. The monoisotopic (exact) mass is 241 g/mol. The Bertz CT molecular complexity index is 498. The average molecular weight is 241 g/mol. The zero-order chi connectivity index (χ0) is 12.3. The number of alkyl halides is 2. The van der Waals surface area contributed by atoms with Crippen LogP contribution in [0.15, 0.2) is 24.5 Å². The van der Waals surface area contributed by atoms with E-state index in [4.69, 9.17) is 10.5 Å². The fourth-order valence-corrected chi connectivity index (χ4v) is 1.59. The summed E-state index contributed by atoms with van der Waals surface area (Å²) >= 11 is 0. The van der Waals surface area contributed by atoms with Crippen molar-refractivity contribution in [2.24, 2.45) is 0 Å². The minimum atomic E-state index is -2.42. The van der Waals surface area contributed by atoms with Crippen LogP contribution in [-0.4, -0.2) is 29.2 Å². The van der Waals surface area contributed by atoms with Gasteiger partial charge in [-0.1, -0.05) is 0 Å². The smallest absolute Gasteiger partial charge is 0.261 e. The molecule has 0 unspecified atom stereocenters. The van der Waals surface area contributed by atoms with E-state index in [0.29, 0.717) is 12.2 Å². The van der Waals surface area contributed by atoms with Crippen LogP contribution in [-0.2, 0) is 11.3 Å². The standard InChI is InChI=1S/C11H13F2N3O/c12-11(13)6-17-4-3-16-7-15-9-5-8(14)1-2-10(9)16/h1-2,5,7,11H,3-4,6,14H2. The number of hydrogen-bond acceptors (Lipinski definition) is 3. The first-order valence-corrected chi connectivity index (χ1v) is 5.23. The van der Waals surface area contributed by atoms with Gasteiger partial charge in [-0.25, -0.2) is 13.8 Å². The number of aromatic nitrogens is 2. The molecule has 2 aromatic rings. The summed E-state index contributed by atoms with van der Waals surface area (Å²) in [6, 6.07) is 5.40. The van der Waals surface area contributed by atoms with Crippen LogP contribution in [0.4, 0.5) is 14.5 Å². The van der Waals surface area contributed by atoms with Gasteiger partial charge in [0.2, 0.25) is 0 Å². The maximum atomic E-state index is 11.8. The van der Waals surface area contributed by atoms with Crippen LogP contribution in [0.3, 0.4) is 0 Å². The van der Waals surface area contributed by atoms with Crippen LogP contribution < -0.4 is 5.73 Å². The Balaban J connectivity index is 1.99. The van der Waals surface area contributed by atoms with Gasteiger partial charge in [0.05, 0.1) is 24.0 Å². The number of ether oxygens (including phenoxy) is 1. The lowest BCUT2D eigenvalue weighted by molar-refractivity contribution is 0.0150. The molecule has 0 atom stereocenters. The lowest BCUT2D eigenvalue weighted by Gasteiger charge is -2.05.